The molecule has 0 saturated carbocycles. The Kier molecular flexibility index (Phi) is 18.2. The van der Waals surface area contributed by atoms with E-state index in [1.54, 1.807) is 6.92 Å². The van der Waals surface area contributed by atoms with Gasteiger partial charge in [0.25, 0.3) is 0 Å². The second-order valence-electron chi connectivity index (χ2n) is 4.70. The largest absolute Gasteiger partial charge is 0.480 e. The SMILES string of the molecule is C.CC[C@H](NCC[C@H](NCC[C@H](N)C(=O)O)C(=O)O)C(=O)O.O=C=O. The lowest BCUT2D eigenvalue weighted by Gasteiger charge is -2.17. The number of nitrogens with two attached hydrogens (primary N) is 1. The molecule has 0 aromatic heterocycles. The van der Waals surface area contributed by atoms with Crippen molar-refractivity contribution in [3.05, 3.63) is 0 Å². The number of aliphatic carboxylic acids is 3. The summed E-state index contributed by atoms with van der Waals surface area (Å²) in [5.74, 6) is -3.20. The molecule has 0 heterocycles. The van der Waals surface area contributed by atoms with Gasteiger partial charge < -0.3 is 31.7 Å². The van der Waals surface area contributed by atoms with E-state index in [0.717, 1.165) is 0 Å². The third kappa shape index (κ3) is 15.0. The fourth-order valence-corrected chi connectivity index (χ4v) is 1.66. The smallest absolute Gasteiger partial charge is 0.373 e. The van der Waals surface area contributed by atoms with Crippen molar-refractivity contribution in [2.24, 2.45) is 5.73 Å². The van der Waals surface area contributed by atoms with Gasteiger partial charge in [0.05, 0.1) is 0 Å². The van der Waals surface area contributed by atoms with Crippen LogP contribution in [0.15, 0.2) is 0 Å². The van der Waals surface area contributed by atoms with Gasteiger partial charge in [-0.1, -0.05) is 14.4 Å². The first-order chi connectivity index (χ1) is 11.2. The Morgan fingerprint density at radius 3 is 1.68 bits per heavy atom. The van der Waals surface area contributed by atoms with E-state index in [1.165, 1.54) is 0 Å². The van der Waals surface area contributed by atoms with Crippen LogP contribution in [0.2, 0.25) is 0 Å². The molecule has 3 atom stereocenters. The fraction of sp³-hybridized carbons (Fsp3) is 0.714. The van der Waals surface area contributed by atoms with E-state index in [-0.39, 0.29) is 39.5 Å². The third-order valence-electron chi connectivity index (χ3n) is 2.99. The van der Waals surface area contributed by atoms with Crippen molar-refractivity contribution in [3.63, 3.8) is 0 Å². The molecule has 0 saturated heterocycles. The molecular weight excluding hydrogens is 338 g/mol. The topological polar surface area (TPSA) is 196 Å². The van der Waals surface area contributed by atoms with Crippen LogP contribution in [0.3, 0.4) is 0 Å². The quantitative estimate of drug-likeness (QED) is 0.241. The number of carbonyl (C=O) groups is 3. The maximum Gasteiger partial charge on any atom is 0.373 e. The van der Waals surface area contributed by atoms with E-state index in [2.05, 4.69) is 10.6 Å². The first kappa shape index (κ1) is 27.5. The van der Waals surface area contributed by atoms with Gasteiger partial charge in [-0.3, -0.25) is 14.4 Å². The number of hydrogen-bond donors (Lipinski definition) is 6. The van der Waals surface area contributed by atoms with Gasteiger partial charge >= 0.3 is 24.1 Å². The molecule has 11 heteroatoms. The Balaban J connectivity index is -0.00000112. The molecule has 0 aliphatic heterocycles. The molecule has 0 unspecified atom stereocenters. The monoisotopic (exact) mass is 365 g/mol. The minimum Gasteiger partial charge on any atom is -0.480 e. The highest BCUT2D eigenvalue weighted by atomic mass is 16.4. The van der Waals surface area contributed by atoms with Crippen LogP contribution in [0.1, 0.15) is 33.6 Å². The Bertz CT molecular complexity index is 438. The normalized spacial score (nSPS) is 13.0. The lowest BCUT2D eigenvalue weighted by Crippen LogP contribution is -2.44. The molecule has 0 rings (SSSR count). The number of nitrogens with one attached hydrogen (secondary N) is 2. The fourth-order valence-electron chi connectivity index (χ4n) is 1.66. The summed E-state index contributed by atoms with van der Waals surface area (Å²) in [4.78, 5) is 48.6. The predicted octanol–water partition coefficient (Wildman–Crippen LogP) is -1.27. The van der Waals surface area contributed by atoms with E-state index < -0.39 is 36.0 Å². The highest BCUT2D eigenvalue weighted by Crippen LogP contribution is 1.96. The average Bonchev–Trinajstić information content (AvgIpc) is 2.49. The van der Waals surface area contributed by atoms with Gasteiger partial charge in [0, 0.05) is 0 Å². The second-order valence-corrected chi connectivity index (χ2v) is 4.70. The van der Waals surface area contributed by atoms with Gasteiger partial charge in [-0.2, -0.15) is 9.59 Å². The molecule has 0 aromatic rings. The first-order valence-electron chi connectivity index (χ1n) is 7.11. The van der Waals surface area contributed by atoms with Crippen molar-refractivity contribution in [1.82, 2.24) is 10.6 Å². The van der Waals surface area contributed by atoms with E-state index in [1.807, 2.05) is 0 Å². The molecule has 0 amide bonds. The van der Waals surface area contributed by atoms with Crippen molar-refractivity contribution in [3.8, 4) is 0 Å². The summed E-state index contributed by atoms with van der Waals surface area (Å²) >= 11 is 0. The summed E-state index contributed by atoms with van der Waals surface area (Å²) in [5.41, 5.74) is 5.31. The zero-order valence-corrected chi connectivity index (χ0v) is 13.2. The molecule has 0 aliphatic rings. The molecule has 25 heavy (non-hydrogen) atoms. The molecule has 0 fully saturated rings. The van der Waals surface area contributed by atoms with Crippen LogP contribution in [0, 0.1) is 0 Å². The Labute approximate surface area is 145 Å². The zero-order chi connectivity index (χ0) is 19.1. The van der Waals surface area contributed by atoms with Crippen LogP contribution < -0.4 is 16.4 Å². The summed E-state index contributed by atoms with van der Waals surface area (Å²) < 4.78 is 0. The average molecular weight is 365 g/mol. The van der Waals surface area contributed by atoms with E-state index in [4.69, 9.17) is 30.6 Å². The van der Waals surface area contributed by atoms with Gasteiger partial charge in [-0.15, -0.1) is 0 Å². The molecule has 0 spiro atoms. The van der Waals surface area contributed by atoms with Crippen LogP contribution >= 0.6 is 0 Å². The predicted molar refractivity (Wildman–Crippen MR) is 85.7 cm³/mol. The van der Waals surface area contributed by atoms with Crippen molar-refractivity contribution >= 4 is 24.1 Å². The van der Waals surface area contributed by atoms with Gasteiger partial charge in [0.2, 0.25) is 0 Å². The van der Waals surface area contributed by atoms with E-state index in [9.17, 15) is 14.4 Å². The molecule has 0 radical (unpaired) electrons. The molecule has 146 valence electrons. The highest BCUT2D eigenvalue weighted by molar-refractivity contribution is 5.74. The first-order valence-corrected chi connectivity index (χ1v) is 7.11. The number of rotatable bonds is 12. The number of carbonyl (C=O) groups excluding carboxylic acids is 2. The molecule has 11 nitrogen and oxygen atoms in total. The van der Waals surface area contributed by atoms with E-state index >= 15 is 0 Å². The van der Waals surface area contributed by atoms with Gasteiger partial charge in [0.1, 0.15) is 18.1 Å². The lowest BCUT2D eigenvalue weighted by molar-refractivity contribution is -0.191. The molecule has 7 N–H and O–H groups in total. The Hall–Kier alpha value is -2.33. The number of hydrogen-bond acceptors (Lipinski definition) is 8. The van der Waals surface area contributed by atoms with Gasteiger partial charge in [0.15, 0.2) is 0 Å². The van der Waals surface area contributed by atoms with Crippen molar-refractivity contribution in [2.45, 2.75) is 51.7 Å². The van der Waals surface area contributed by atoms with Crippen molar-refractivity contribution in [2.75, 3.05) is 13.1 Å². The van der Waals surface area contributed by atoms with Gasteiger partial charge in [-0.25, -0.2) is 0 Å². The third-order valence-corrected chi connectivity index (χ3v) is 2.99. The maximum absolute atomic E-state index is 11.0. The zero-order valence-electron chi connectivity index (χ0n) is 13.2. The van der Waals surface area contributed by atoms with Crippen LogP contribution in [-0.4, -0.2) is 70.6 Å². The second kappa shape index (κ2) is 16.5. The summed E-state index contributed by atoms with van der Waals surface area (Å²) in [6.45, 7) is 2.09. The Morgan fingerprint density at radius 2 is 1.32 bits per heavy atom. The minimum atomic E-state index is -1.14. The Morgan fingerprint density at radius 1 is 0.920 bits per heavy atom. The van der Waals surface area contributed by atoms with Crippen molar-refractivity contribution < 1.29 is 39.3 Å². The lowest BCUT2D eigenvalue weighted by atomic mass is 10.1. The van der Waals surface area contributed by atoms with Crippen LogP contribution in [0.5, 0.6) is 0 Å². The highest BCUT2D eigenvalue weighted by Gasteiger charge is 2.20. The summed E-state index contributed by atoms with van der Waals surface area (Å²) in [5, 5.41) is 31.9. The summed E-state index contributed by atoms with van der Waals surface area (Å²) in [6, 6.07) is -2.63. The van der Waals surface area contributed by atoms with E-state index in [0.29, 0.717) is 6.42 Å². The van der Waals surface area contributed by atoms with Gasteiger partial charge in [-0.05, 0) is 32.4 Å². The number of carboxylic acid groups (broad SMARTS) is 3. The van der Waals surface area contributed by atoms with Crippen LogP contribution in [-0.2, 0) is 24.0 Å². The minimum absolute atomic E-state index is 0. The molecule has 0 aromatic carbocycles. The summed E-state index contributed by atoms with van der Waals surface area (Å²) in [7, 11) is 0. The molecular formula is C14H27N3O8. The van der Waals surface area contributed by atoms with Crippen LogP contribution in [0.4, 0.5) is 0 Å². The maximum atomic E-state index is 11.0. The standard InChI is InChI=1S/C12H23N3O6.CO2.CH4/c1-2-8(11(18)19)14-6-4-9(12(20)21)15-5-3-7(13)10(16)17;2-1-3;/h7-9,14-15H,2-6,13H2,1H3,(H,16,17)(H,18,19)(H,20,21);;1H4/t7-,8-,9-;;/m0../s1. The van der Waals surface area contributed by atoms with Crippen LogP contribution in [0.25, 0.3) is 0 Å². The summed E-state index contributed by atoms with van der Waals surface area (Å²) in [6.07, 6.45) is 0.939. The molecule has 0 bridgehead atoms. The number of carboxylic acids is 3. The molecule has 0 aliphatic carbocycles. The van der Waals surface area contributed by atoms with Crippen molar-refractivity contribution in [1.29, 1.82) is 0 Å².